The number of benzene rings is 1. The van der Waals surface area contributed by atoms with Gasteiger partial charge >= 0.3 is 6.18 Å². The molecule has 0 bridgehead atoms. The summed E-state index contributed by atoms with van der Waals surface area (Å²) in [5.41, 5.74) is 0.0571. The number of ketones is 1. The first-order valence-corrected chi connectivity index (χ1v) is 4.31. The van der Waals surface area contributed by atoms with E-state index in [-0.39, 0.29) is 12.1 Å². The highest BCUT2D eigenvalue weighted by Gasteiger charge is 2.40. The first-order chi connectivity index (χ1) is 6.96. The summed E-state index contributed by atoms with van der Waals surface area (Å²) in [6.45, 7) is 0.234. The fourth-order valence-corrected chi connectivity index (χ4v) is 1.24. The number of rotatable bonds is 3. The van der Waals surface area contributed by atoms with Crippen molar-refractivity contribution in [3.8, 4) is 0 Å². The number of carbonyl (C=O) groups is 1. The van der Waals surface area contributed by atoms with Gasteiger partial charge in [-0.05, 0) is 12.6 Å². The highest BCUT2D eigenvalue weighted by molar-refractivity contribution is 6.01. The average molecular weight is 217 g/mol. The van der Waals surface area contributed by atoms with Gasteiger partial charge in [-0.1, -0.05) is 24.3 Å². The molecule has 0 atom stereocenters. The van der Waals surface area contributed by atoms with Crippen LogP contribution in [0.15, 0.2) is 24.3 Å². The van der Waals surface area contributed by atoms with E-state index in [1.165, 1.54) is 18.2 Å². The lowest BCUT2D eigenvalue weighted by molar-refractivity contribution is -0.0885. The third kappa shape index (κ3) is 2.79. The Bertz CT molecular complexity index is 360. The molecule has 1 aromatic carbocycles. The van der Waals surface area contributed by atoms with Crippen LogP contribution in [0.4, 0.5) is 13.2 Å². The second-order valence-electron chi connectivity index (χ2n) is 3.01. The molecule has 15 heavy (non-hydrogen) atoms. The molecule has 1 rings (SSSR count). The van der Waals surface area contributed by atoms with E-state index in [4.69, 9.17) is 0 Å². The van der Waals surface area contributed by atoms with Gasteiger partial charge in [-0.3, -0.25) is 4.79 Å². The van der Waals surface area contributed by atoms with Gasteiger partial charge in [-0.25, -0.2) is 0 Å². The molecule has 0 saturated carbocycles. The molecule has 0 saturated heterocycles. The van der Waals surface area contributed by atoms with Gasteiger partial charge in [-0.2, -0.15) is 13.2 Å². The van der Waals surface area contributed by atoms with Crippen molar-refractivity contribution in [2.45, 2.75) is 12.7 Å². The maximum atomic E-state index is 12.2. The zero-order chi connectivity index (χ0) is 11.5. The highest BCUT2D eigenvalue weighted by atomic mass is 19.4. The molecular weight excluding hydrogens is 207 g/mol. The summed E-state index contributed by atoms with van der Waals surface area (Å²) in [6.07, 6.45) is -4.82. The van der Waals surface area contributed by atoms with E-state index in [1.54, 1.807) is 13.1 Å². The quantitative estimate of drug-likeness (QED) is 0.786. The lowest BCUT2D eigenvalue weighted by Gasteiger charge is -2.09. The van der Waals surface area contributed by atoms with Crippen LogP contribution in [0.3, 0.4) is 0 Å². The van der Waals surface area contributed by atoms with Crippen LogP contribution in [0.25, 0.3) is 0 Å². The summed E-state index contributed by atoms with van der Waals surface area (Å²) in [5, 5.41) is 2.71. The van der Waals surface area contributed by atoms with E-state index in [2.05, 4.69) is 5.32 Å². The molecular formula is C10H10F3NO. The molecule has 2 nitrogen and oxygen atoms in total. The van der Waals surface area contributed by atoms with Gasteiger partial charge in [0, 0.05) is 12.1 Å². The Balaban J connectivity index is 3.08. The molecule has 1 aromatic rings. The van der Waals surface area contributed by atoms with Crippen LogP contribution < -0.4 is 5.32 Å². The molecule has 0 heterocycles. The second-order valence-corrected chi connectivity index (χ2v) is 3.01. The van der Waals surface area contributed by atoms with E-state index in [0.717, 1.165) is 0 Å². The number of nitrogens with one attached hydrogen (secondary N) is 1. The van der Waals surface area contributed by atoms with E-state index in [0.29, 0.717) is 5.56 Å². The first-order valence-electron chi connectivity index (χ1n) is 4.31. The number of halogens is 3. The van der Waals surface area contributed by atoms with E-state index < -0.39 is 12.0 Å². The van der Waals surface area contributed by atoms with Crippen LogP contribution in [0, 0.1) is 0 Å². The molecule has 0 aliphatic heterocycles. The minimum atomic E-state index is -4.82. The number of carbonyl (C=O) groups excluding carboxylic acids is 1. The Kier molecular flexibility index (Phi) is 3.47. The van der Waals surface area contributed by atoms with Crippen molar-refractivity contribution in [1.82, 2.24) is 5.32 Å². The Morgan fingerprint density at radius 3 is 2.47 bits per heavy atom. The monoisotopic (exact) mass is 217 g/mol. The molecule has 0 fully saturated rings. The largest absolute Gasteiger partial charge is 0.454 e. The van der Waals surface area contributed by atoms with Gasteiger partial charge in [0.1, 0.15) is 0 Å². The summed E-state index contributed by atoms with van der Waals surface area (Å²) >= 11 is 0. The maximum Gasteiger partial charge on any atom is 0.454 e. The molecule has 0 radical (unpaired) electrons. The summed E-state index contributed by atoms with van der Waals surface area (Å²) in [4.78, 5) is 11.0. The van der Waals surface area contributed by atoms with Crippen LogP contribution in [0.1, 0.15) is 15.9 Å². The SMILES string of the molecule is CNCc1ccccc1C(=O)C(F)(F)F. The van der Waals surface area contributed by atoms with Crippen molar-refractivity contribution in [2.24, 2.45) is 0 Å². The van der Waals surface area contributed by atoms with Gasteiger partial charge in [-0.15, -0.1) is 0 Å². The van der Waals surface area contributed by atoms with Crippen molar-refractivity contribution in [2.75, 3.05) is 7.05 Å². The van der Waals surface area contributed by atoms with E-state index >= 15 is 0 Å². The van der Waals surface area contributed by atoms with Gasteiger partial charge in [0.05, 0.1) is 0 Å². The number of hydrogen-bond donors (Lipinski definition) is 1. The van der Waals surface area contributed by atoms with Crippen LogP contribution in [-0.2, 0) is 6.54 Å². The van der Waals surface area contributed by atoms with E-state index in [9.17, 15) is 18.0 Å². The predicted octanol–water partition coefficient (Wildman–Crippen LogP) is 2.15. The third-order valence-corrected chi connectivity index (χ3v) is 1.89. The Morgan fingerprint density at radius 1 is 1.33 bits per heavy atom. The molecule has 5 heteroatoms. The second kappa shape index (κ2) is 4.44. The Morgan fingerprint density at radius 2 is 1.93 bits per heavy atom. The Labute approximate surface area is 85.1 Å². The zero-order valence-electron chi connectivity index (χ0n) is 8.06. The van der Waals surface area contributed by atoms with Crippen molar-refractivity contribution in [3.05, 3.63) is 35.4 Å². The molecule has 0 aromatic heterocycles. The normalized spacial score (nSPS) is 11.5. The van der Waals surface area contributed by atoms with Gasteiger partial charge in [0.25, 0.3) is 5.78 Å². The van der Waals surface area contributed by atoms with Crippen molar-refractivity contribution in [3.63, 3.8) is 0 Å². The van der Waals surface area contributed by atoms with Crippen molar-refractivity contribution in [1.29, 1.82) is 0 Å². The smallest absolute Gasteiger partial charge is 0.316 e. The summed E-state index contributed by atoms with van der Waals surface area (Å²) < 4.78 is 36.6. The molecule has 0 amide bonds. The van der Waals surface area contributed by atoms with Crippen molar-refractivity contribution < 1.29 is 18.0 Å². The minimum absolute atomic E-state index is 0.234. The number of Topliss-reactive ketones (excluding diaryl/α,β-unsaturated/α-hetero) is 1. The fraction of sp³-hybridized carbons (Fsp3) is 0.300. The van der Waals surface area contributed by atoms with Crippen LogP contribution >= 0.6 is 0 Å². The molecule has 0 unspecified atom stereocenters. The zero-order valence-corrected chi connectivity index (χ0v) is 8.06. The number of alkyl halides is 3. The van der Waals surface area contributed by atoms with Gasteiger partial charge < -0.3 is 5.32 Å². The topological polar surface area (TPSA) is 29.1 Å². The summed E-state index contributed by atoms with van der Waals surface area (Å²) in [6, 6.07) is 5.69. The van der Waals surface area contributed by atoms with Crippen LogP contribution in [-0.4, -0.2) is 19.0 Å². The van der Waals surface area contributed by atoms with Crippen molar-refractivity contribution >= 4 is 5.78 Å². The molecule has 0 aliphatic rings. The highest BCUT2D eigenvalue weighted by Crippen LogP contribution is 2.23. The first kappa shape index (κ1) is 11.7. The summed E-state index contributed by atoms with van der Waals surface area (Å²) in [7, 11) is 1.61. The fourth-order valence-electron chi connectivity index (χ4n) is 1.24. The molecule has 1 N–H and O–H groups in total. The van der Waals surface area contributed by atoms with Gasteiger partial charge in [0.15, 0.2) is 0 Å². The predicted molar refractivity (Wildman–Crippen MR) is 49.6 cm³/mol. The number of hydrogen-bond acceptors (Lipinski definition) is 2. The Hall–Kier alpha value is -1.36. The lowest BCUT2D eigenvalue weighted by atomic mass is 10.0. The standard InChI is InChI=1S/C10H10F3NO/c1-14-6-7-4-2-3-5-8(7)9(15)10(11,12)13/h2-5,14H,6H2,1H3. The maximum absolute atomic E-state index is 12.2. The average Bonchev–Trinajstić information content (AvgIpc) is 2.17. The minimum Gasteiger partial charge on any atom is -0.316 e. The third-order valence-electron chi connectivity index (χ3n) is 1.89. The van der Waals surface area contributed by atoms with Crippen LogP contribution in [0.2, 0.25) is 0 Å². The van der Waals surface area contributed by atoms with Gasteiger partial charge in [0.2, 0.25) is 0 Å². The molecule has 0 aliphatic carbocycles. The lowest BCUT2D eigenvalue weighted by Crippen LogP contribution is -2.24. The summed E-state index contributed by atoms with van der Waals surface area (Å²) in [5.74, 6) is -1.80. The van der Waals surface area contributed by atoms with Crippen LogP contribution in [0.5, 0.6) is 0 Å². The van der Waals surface area contributed by atoms with E-state index in [1.807, 2.05) is 0 Å². The molecule has 82 valence electrons. The molecule has 0 spiro atoms.